The van der Waals surface area contributed by atoms with Gasteiger partial charge in [0.2, 0.25) is 0 Å². The summed E-state index contributed by atoms with van der Waals surface area (Å²) in [6, 6.07) is 0. The molecule has 0 saturated heterocycles. The summed E-state index contributed by atoms with van der Waals surface area (Å²) in [5.41, 5.74) is 0. The van der Waals surface area contributed by atoms with Crippen molar-refractivity contribution in [3.8, 4) is 0 Å². The van der Waals surface area contributed by atoms with Gasteiger partial charge >= 0.3 is 11.9 Å². The van der Waals surface area contributed by atoms with Crippen molar-refractivity contribution in [3.05, 3.63) is 0 Å². The topological polar surface area (TPSA) is 72.8 Å². The van der Waals surface area contributed by atoms with Crippen LogP contribution in [0.4, 0.5) is 0 Å². The number of esters is 2. The molecule has 0 aliphatic heterocycles. The predicted octanol–water partition coefficient (Wildman–Crippen LogP) is 13.0. The number of unbranched alkanes of at least 4 members (excludes halogenated alkanes) is 28. The molecule has 1 atom stereocenters. The number of ether oxygens (including phenoxy) is 2. The van der Waals surface area contributed by atoms with E-state index in [1.807, 2.05) is 0 Å². The molecule has 0 radical (unpaired) electrons. The number of hydrogen-bond donors (Lipinski definition) is 1. The number of carbonyl (C=O) groups is 2. The molecule has 0 saturated carbocycles. The molecule has 280 valence electrons. The first-order chi connectivity index (χ1) is 23.0. The zero-order valence-electron chi connectivity index (χ0n) is 32.0. The summed E-state index contributed by atoms with van der Waals surface area (Å²) < 4.78 is 10.4. The molecule has 0 unspecified atom stereocenters. The van der Waals surface area contributed by atoms with Crippen molar-refractivity contribution in [2.45, 2.75) is 239 Å². The van der Waals surface area contributed by atoms with Crippen LogP contribution in [0.2, 0.25) is 0 Å². The lowest BCUT2D eigenvalue weighted by Crippen LogP contribution is -2.25. The molecule has 0 bridgehead atoms. The zero-order chi connectivity index (χ0) is 34.5. The van der Waals surface area contributed by atoms with Crippen molar-refractivity contribution in [1.82, 2.24) is 0 Å². The zero-order valence-corrected chi connectivity index (χ0v) is 32.0. The average molecular weight is 667 g/mol. The van der Waals surface area contributed by atoms with Crippen LogP contribution in [0.15, 0.2) is 0 Å². The Morgan fingerprint density at radius 3 is 0.957 bits per heavy atom. The van der Waals surface area contributed by atoms with Crippen LogP contribution in [0.5, 0.6) is 0 Å². The average Bonchev–Trinajstić information content (AvgIpc) is 3.05. The Kier molecular flexibility index (Phi) is 36.8. The molecule has 0 rings (SSSR count). The summed E-state index contributed by atoms with van der Waals surface area (Å²) in [4.78, 5) is 24.0. The molecule has 0 aliphatic carbocycles. The molecular weight excluding hydrogens is 584 g/mol. The van der Waals surface area contributed by atoms with E-state index in [4.69, 9.17) is 9.47 Å². The molecule has 0 aromatic carbocycles. The van der Waals surface area contributed by atoms with E-state index in [0.717, 1.165) is 31.6 Å². The molecular formula is C42H82O5. The first-order valence-corrected chi connectivity index (χ1v) is 20.9. The Hall–Kier alpha value is -1.10. The number of aliphatic hydroxyl groups is 1. The highest BCUT2D eigenvalue weighted by Crippen LogP contribution is 2.16. The van der Waals surface area contributed by atoms with Crippen LogP contribution in [0.3, 0.4) is 0 Å². The van der Waals surface area contributed by atoms with E-state index in [1.165, 1.54) is 173 Å². The van der Waals surface area contributed by atoms with Gasteiger partial charge in [0, 0.05) is 12.8 Å². The van der Waals surface area contributed by atoms with Crippen LogP contribution in [0.25, 0.3) is 0 Å². The first-order valence-electron chi connectivity index (χ1n) is 20.9. The third-order valence-electron chi connectivity index (χ3n) is 9.52. The predicted molar refractivity (Wildman–Crippen MR) is 201 cm³/mol. The Labute approximate surface area is 293 Å². The maximum atomic E-state index is 12.0. The summed E-state index contributed by atoms with van der Waals surface area (Å²) in [6.07, 6.45) is 40.2. The van der Waals surface area contributed by atoms with Gasteiger partial charge in [-0.05, 0) is 18.8 Å². The van der Waals surface area contributed by atoms with Gasteiger partial charge in [-0.25, -0.2) is 0 Å². The van der Waals surface area contributed by atoms with Crippen molar-refractivity contribution in [2.24, 2.45) is 5.92 Å². The fourth-order valence-corrected chi connectivity index (χ4v) is 6.33. The number of aliphatic hydroxyl groups excluding tert-OH is 1. The van der Waals surface area contributed by atoms with Gasteiger partial charge in [-0.3, -0.25) is 9.59 Å². The van der Waals surface area contributed by atoms with Crippen molar-refractivity contribution in [2.75, 3.05) is 13.2 Å². The van der Waals surface area contributed by atoms with Gasteiger partial charge in [-0.1, -0.05) is 207 Å². The Morgan fingerprint density at radius 2 is 0.681 bits per heavy atom. The molecule has 0 amide bonds. The molecule has 0 fully saturated rings. The van der Waals surface area contributed by atoms with Gasteiger partial charge in [-0.2, -0.15) is 0 Å². The van der Waals surface area contributed by atoms with Crippen molar-refractivity contribution in [1.29, 1.82) is 0 Å². The lowest BCUT2D eigenvalue weighted by atomic mass is 10.0. The molecule has 47 heavy (non-hydrogen) atoms. The number of rotatable bonds is 38. The Balaban J connectivity index is 3.37. The van der Waals surface area contributed by atoms with Crippen LogP contribution >= 0.6 is 0 Å². The normalized spacial score (nSPS) is 12.1. The fraction of sp³-hybridized carbons (Fsp3) is 0.952. The summed E-state index contributed by atoms with van der Waals surface area (Å²) in [7, 11) is 0. The smallest absolute Gasteiger partial charge is 0.305 e. The maximum absolute atomic E-state index is 12.0. The highest BCUT2D eigenvalue weighted by atomic mass is 16.6. The Bertz CT molecular complexity index is 649. The van der Waals surface area contributed by atoms with Crippen LogP contribution in [0, 0.1) is 5.92 Å². The third kappa shape index (κ3) is 39.2. The number of carbonyl (C=O) groups excluding carboxylic acids is 2. The molecule has 0 aliphatic rings. The summed E-state index contributed by atoms with van der Waals surface area (Å²) in [5, 5.41) is 10.0. The van der Waals surface area contributed by atoms with E-state index in [0.29, 0.717) is 12.8 Å². The first kappa shape index (κ1) is 45.9. The second-order valence-electron chi connectivity index (χ2n) is 15.0. The fourth-order valence-electron chi connectivity index (χ4n) is 6.33. The molecule has 0 heterocycles. The van der Waals surface area contributed by atoms with Gasteiger partial charge < -0.3 is 14.6 Å². The van der Waals surface area contributed by atoms with Crippen molar-refractivity contribution in [3.63, 3.8) is 0 Å². The van der Waals surface area contributed by atoms with Gasteiger partial charge in [0.1, 0.15) is 19.3 Å². The molecule has 5 heteroatoms. The van der Waals surface area contributed by atoms with Gasteiger partial charge in [0.05, 0.1) is 0 Å². The monoisotopic (exact) mass is 667 g/mol. The van der Waals surface area contributed by atoms with Crippen LogP contribution in [0.1, 0.15) is 233 Å². The van der Waals surface area contributed by atoms with E-state index in [1.54, 1.807) is 0 Å². The molecule has 0 aromatic heterocycles. The van der Waals surface area contributed by atoms with E-state index >= 15 is 0 Å². The van der Waals surface area contributed by atoms with Crippen molar-refractivity contribution < 1.29 is 24.2 Å². The molecule has 5 nitrogen and oxygen atoms in total. The molecule has 0 aromatic rings. The maximum Gasteiger partial charge on any atom is 0.305 e. The van der Waals surface area contributed by atoms with E-state index in [9.17, 15) is 14.7 Å². The van der Waals surface area contributed by atoms with Crippen LogP contribution in [-0.2, 0) is 19.1 Å². The highest BCUT2D eigenvalue weighted by molar-refractivity contribution is 5.69. The lowest BCUT2D eigenvalue weighted by Gasteiger charge is -2.12. The third-order valence-corrected chi connectivity index (χ3v) is 9.52. The quantitative estimate of drug-likeness (QED) is 0.0524. The number of hydrogen-bond acceptors (Lipinski definition) is 5. The summed E-state index contributed by atoms with van der Waals surface area (Å²) >= 11 is 0. The lowest BCUT2D eigenvalue weighted by molar-refractivity contribution is -0.152. The minimum Gasteiger partial charge on any atom is -0.463 e. The SMILES string of the molecule is CCCCCCCCCCCCCCCCCCC(=O)OC[C@@H](O)COC(=O)CCCCCCCCCCCCCCCCC(C)C. The summed E-state index contributed by atoms with van der Waals surface area (Å²) in [6.45, 7) is 6.69. The molecule has 1 N–H and O–H groups in total. The second kappa shape index (κ2) is 37.7. The van der Waals surface area contributed by atoms with Gasteiger partial charge in [-0.15, -0.1) is 0 Å². The minimum absolute atomic E-state index is 0.108. The molecule has 0 spiro atoms. The van der Waals surface area contributed by atoms with Crippen LogP contribution in [-0.4, -0.2) is 36.4 Å². The van der Waals surface area contributed by atoms with Crippen molar-refractivity contribution >= 4 is 11.9 Å². The van der Waals surface area contributed by atoms with E-state index in [-0.39, 0.29) is 25.2 Å². The van der Waals surface area contributed by atoms with E-state index in [2.05, 4.69) is 20.8 Å². The van der Waals surface area contributed by atoms with Crippen LogP contribution < -0.4 is 0 Å². The highest BCUT2D eigenvalue weighted by Gasteiger charge is 2.12. The summed E-state index contributed by atoms with van der Waals surface area (Å²) in [5.74, 6) is 0.303. The standard InChI is InChI=1S/C42H82O5/c1-4-5-6-7-8-9-10-11-12-13-17-20-23-26-29-32-35-41(44)46-37-40(43)38-47-42(45)36-33-30-27-24-21-18-15-14-16-19-22-25-28-31-34-39(2)3/h39-40,43H,4-38H2,1-3H3/t40-/m1/s1. The largest absolute Gasteiger partial charge is 0.463 e. The van der Waals surface area contributed by atoms with E-state index < -0.39 is 6.10 Å². The Morgan fingerprint density at radius 1 is 0.426 bits per heavy atom. The second-order valence-corrected chi connectivity index (χ2v) is 15.0. The van der Waals surface area contributed by atoms with Gasteiger partial charge in [0.15, 0.2) is 0 Å². The minimum atomic E-state index is -0.955. The van der Waals surface area contributed by atoms with Gasteiger partial charge in [0.25, 0.3) is 0 Å².